The van der Waals surface area contributed by atoms with E-state index in [4.69, 9.17) is 16.7 Å². The van der Waals surface area contributed by atoms with Crippen LogP contribution in [0.4, 0.5) is 17.2 Å². The van der Waals surface area contributed by atoms with Crippen molar-refractivity contribution in [2.45, 2.75) is 0 Å². The Kier molecular flexibility index (Phi) is 3.67. The number of nitrogens with zero attached hydrogens (tertiary/aromatic N) is 4. The van der Waals surface area contributed by atoms with Gasteiger partial charge in [0.15, 0.2) is 11.5 Å². The molecule has 0 aliphatic carbocycles. The van der Waals surface area contributed by atoms with Crippen molar-refractivity contribution >= 4 is 28.8 Å². The van der Waals surface area contributed by atoms with Gasteiger partial charge in [-0.3, -0.25) is 10.1 Å². The molecule has 8 heteroatoms. The topological polar surface area (TPSA) is 101 Å². The van der Waals surface area contributed by atoms with Crippen LogP contribution in [-0.4, -0.2) is 15.0 Å². The Balaban J connectivity index is 2.32. The summed E-state index contributed by atoms with van der Waals surface area (Å²) >= 11 is 5.68. The molecule has 1 N–H and O–H groups in total. The van der Waals surface area contributed by atoms with Crippen molar-refractivity contribution in [3.8, 4) is 5.75 Å². The molecule has 96 valence electrons. The zero-order valence-corrected chi connectivity index (χ0v) is 10.2. The van der Waals surface area contributed by atoms with Crippen LogP contribution in [0.2, 0.25) is 5.02 Å². The maximum Gasteiger partial charge on any atom is 0.298 e. The maximum atomic E-state index is 10.8. The molecular weight excluding hydrogens is 272 g/mol. The van der Waals surface area contributed by atoms with Crippen LogP contribution in [0, 0.1) is 10.1 Å². The van der Waals surface area contributed by atoms with Crippen LogP contribution in [-0.2, 0) is 0 Å². The Labute approximate surface area is 112 Å². The number of pyridine rings is 1. The van der Waals surface area contributed by atoms with Gasteiger partial charge in [-0.15, -0.1) is 10.2 Å². The van der Waals surface area contributed by atoms with Crippen molar-refractivity contribution in [2.75, 3.05) is 0 Å². The fraction of sp³-hybridized carbons (Fsp3) is 0. The molecule has 0 saturated carbocycles. The molecule has 0 spiro atoms. The van der Waals surface area contributed by atoms with Gasteiger partial charge in [-0.1, -0.05) is 11.6 Å². The van der Waals surface area contributed by atoms with Gasteiger partial charge in [0.2, 0.25) is 0 Å². The number of azo groups is 1. The second kappa shape index (κ2) is 5.40. The molecule has 0 atom stereocenters. The lowest BCUT2D eigenvalue weighted by Crippen LogP contribution is -1.87. The van der Waals surface area contributed by atoms with Gasteiger partial charge >= 0.3 is 0 Å². The molecule has 0 amide bonds. The number of hydrogen-bond acceptors (Lipinski definition) is 6. The molecule has 0 bridgehead atoms. The summed E-state index contributed by atoms with van der Waals surface area (Å²) in [7, 11) is 0. The first-order valence-corrected chi connectivity index (χ1v) is 5.45. The number of benzene rings is 1. The van der Waals surface area contributed by atoms with Crippen molar-refractivity contribution in [3.63, 3.8) is 0 Å². The molecule has 0 unspecified atom stereocenters. The summed E-state index contributed by atoms with van der Waals surface area (Å²) in [6, 6.07) is 6.88. The van der Waals surface area contributed by atoms with E-state index in [9.17, 15) is 10.1 Å². The van der Waals surface area contributed by atoms with Crippen LogP contribution >= 0.6 is 11.6 Å². The van der Waals surface area contributed by atoms with E-state index in [1.54, 1.807) is 0 Å². The molecule has 0 saturated heterocycles. The lowest BCUT2D eigenvalue weighted by atomic mass is 10.3. The molecular formula is C11H7ClN4O3. The van der Waals surface area contributed by atoms with Crippen LogP contribution in [0.1, 0.15) is 0 Å². The van der Waals surface area contributed by atoms with Gasteiger partial charge < -0.3 is 5.11 Å². The van der Waals surface area contributed by atoms with Crippen molar-refractivity contribution in [1.82, 2.24) is 4.98 Å². The summed E-state index contributed by atoms with van der Waals surface area (Å²) in [5.41, 5.74) is -0.167. The van der Waals surface area contributed by atoms with Crippen LogP contribution in [0.15, 0.2) is 46.8 Å². The second-order valence-electron chi connectivity index (χ2n) is 3.46. The number of hydrogen-bond donors (Lipinski definition) is 1. The molecule has 2 aromatic rings. The normalized spacial score (nSPS) is 10.8. The van der Waals surface area contributed by atoms with E-state index < -0.39 is 4.92 Å². The first kappa shape index (κ1) is 12.9. The van der Waals surface area contributed by atoms with Crippen molar-refractivity contribution in [3.05, 3.63) is 51.7 Å². The molecule has 1 aromatic carbocycles. The summed E-state index contributed by atoms with van der Waals surface area (Å²) in [5, 5.41) is 27.6. The number of nitro groups is 1. The van der Waals surface area contributed by atoms with E-state index in [1.165, 1.54) is 36.5 Å². The third kappa shape index (κ3) is 3.23. The summed E-state index contributed by atoms with van der Waals surface area (Å²) in [4.78, 5) is 14.0. The summed E-state index contributed by atoms with van der Waals surface area (Å²) in [6.07, 6.45) is 1.20. The number of rotatable bonds is 3. The number of aromatic nitrogens is 1. The smallest absolute Gasteiger partial charge is 0.298 e. The molecule has 0 fully saturated rings. The third-order valence-electron chi connectivity index (χ3n) is 2.13. The largest absolute Gasteiger partial charge is 0.506 e. The Morgan fingerprint density at radius 2 is 2.05 bits per heavy atom. The molecule has 0 aliphatic rings. The molecule has 1 aromatic heterocycles. The fourth-order valence-corrected chi connectivity index (χ4v) is 1.44. The quantitative estimate of drug-likeness (QED) is 0.524. The Morgan fingerprint density at radius 3 is 2.68 bits per heavy atom. The highest BCUT2D eigenvalue weighted by atomic mass is 35.5. The van der Waals surface area contributed by atoms with Crippen LogP contribution in [0.5, 0.6) is 5.75 Å². The molecule has 2 rings (SSSR count). The monoisotopic (exact) mass is 278 g/mol. The molecule has 0 radical (unpaired) electrons. The Bertz CT molecular complexity index is 643. The highest BCUT2D eigenvalue weighted by Gasteiger charge is 2.13. The van der Waals surface area contributed by atoms with E-state index in [1.807, 2.05) is 0 Å². The van der Waals surface area contributed by atoms with E-state index >= 15 is 0 Å². The second-order valence-corrected chi connectivity index (χ2v) is 3.90. The summed E-state index contributed by atoms with van der Waals surface area (Å²) in [6.45, 7) is 0. The van der Waals surface area contributed by atoms with E-state index in [0.717, 1.165) is 0 Å². The highest BCUT2D eigenvalue weighted by molar-refractivity contribution is 6.30. The van der Waals surface area contributed by atoms with Crippen molar-refractivity contribution < 1.29 is 10.0 Å². The number of nitro benzene ring substituents is 1. The number of aromatic hydroxyl groups is 1. The predicted octanol–water partition coefficient (Wildman–Crippen LogP) is 3.76. The van der Waals surface area contributed by atoms with Crippen LogP contribution < -0.4 is 0 Å². The van der Waals surface area contributed by atoms with Crippen molar-refractivity contribution in [1.29, 1.82) is 0 Å². The summed E-state index contributed by atoms with van der Waals surface area (Å²) in [5.74, 6) is 0.221. The zero-order chi connectivity index (χ0) is 13.8. The lowest BCUT2D eigenvalue weighted by molar-refractivity contribution is -0.384. The van der Waals surface area contributed by atoms with Gasteiger partial charge in [0.05, 0.1) is 11.1 Å². The minimum absolute atomic E-state index is 0.00331. The Morgan fingerprint density at radius 1 is 1.26 bits per heavy atom. The van der Waals surface area contributed by atoms with Gasteiger partial charge in [-0.2, -0.15) is 0 Å². The van der Waals surface area contributed by atoms with Gasteiger partial charge in [0.1, 0.15) is 5.75 Å². The minimum atomic E-state index is -0.593. The van der Waals surface area contributed by atoms with E-state index in [0.29, 0.717) is 0 Å². The van der Waals surface area contributed by atoms with Gasteiger partial charge in [0.25, 0.3) is 5.69 Å². The SMILES string of the molecule is O=[N+]([O-])c1cc(Cl)ccc1N=Nc1ccc(O)cn1. The highest BCUT2D eigenvalue weighted by Crippen LogP contribution is 2.31. The fourth-order valence-electron chi connectivity index (χ4n) is 1.27. The average molecular weight is 279 g/mol. The molecule has 7 nitrogen and oxygen atoms in total. The zero-order valence-electron chi connectivity index (χ0n) is 9.39. The first-order chi connectivity index (χ1) is 9.06. The average Bonchev–Trinajstić information content (AvgIpc) is 2.39. The maximum absolute atomic E-state index is 10.8. The standard InChI is InChI=1S/C11H7ClN4O3/c12-7-1-3-9(10(5-7)16(18)19)14-15-11-4-2-8(17)6-13-11/h1-6,17H. The van der Waals surface area contributed by atoms with E-state index in [2.05, 4.69) is 15.2 Å². The number of halogens is 1. The van der Waals surface area contributed by atoms with Crippen molar-refractivity contribution in [2.24, 2.45) is 10.2 Å². The third-order valence-corrected chi connectivity index (χ3v) is 2.36. The summed E-state index contributed by atoms with van der Waals surface area (Å²) < 4.78 is 0. The molecule has 19 heavy (non-hydrogen) atoms. The predicted molar refractivity (Wildman–Crippen MR) is 68.2 cm³/mol. The van der Waals surface area contributed by atoms with Crippen LogP contribution in [0.3, 0.4) is 0 Å². The van der Waals surface area contributed by atoms with Crippen LogP contribution in [0.25, 0.3) is 0 Å². The molecule has 0 aliphatic heterocycles. The molecule has 1 heterocycles. The van der Waals surface area contributed by atoms with Gasteiger partial charge in [0, 0.05) is 11.1 Å². The Hall–Kier alpha value is -2.54. The lowest BCUT2D eigenvalue weighted by Gasteiger charge is -1.97. The minimum Gasteiger partial charge on any atom is -0.506 e. The van der Waals surface area contributed by atoms with E-state index in [-0.39, 0.29) is 28.0 Å². The van der Waals surface area contributed by atoms with Gasteiger partial charge in [-0.05, 0) is 24.3 Å². The van der Waals surface area contributed by atoms with Gasteiger partial charge in [-0.25, -0.2) is 4.98 Å². The first-order valence-electron chi connectivity index (χ1n) is 5.07.